The summed E-state index contributed by atoms with van der Waals surface area (Å²) in [6.07, 6.45) is 4.64. The third kappa shape index (κ3) is 3.34. The molecule has 0 aliphatic carbocycles. The van der Waals surface area contributed by atoms with Gasteiger partial charge in [-0.1, -0.05) is 0 Å². The lowest BCUT2D eigenvalue weighted by Crippen LogP contribution is -1.99. The third-order valence-electron chi connectivity index (χ3n) is 4.17. The number of imidazole rings is 1. The van der Waals surface area contributed by atoms with Crippen molar-refractivity contribution in [2.75, 3.05) is 7.11 Å². The molecule has 0 spiro atoms. The minimum atomic E-state index is -0.627. The van der Waals surface area contributed by atoms with Gasteiger partial charge in [0.15, 0.2) is 23.0 Å². The molecule has 3 aromatic heterocycles. The Labute approximate surface area is 172 Å². The van der Waals surface area contributed by atoms with Gasteiger partial charge in [-0.2, -0.15) is 0 Å². The van der Waals surface area contributed by atoms with Crippen LogP contribution in [-0.4, -0.2) is 32.7 Å². The number of aromatic nitrogens is 2. The van der Waals surface area contributed by atoms with E-state index in [0.717, 1.165) is 4.47 Å². The van der Waals surface area contributed by atoms with Crippen LogP contribution < -0.4 is 4.74 Å². The summed E-state index contributed by atoms with van der Waals surface area (Å²) in [5.74, 6) is 0.379. The Morgan fingerprint density at radius 1 is 1.34 bits per heavy atom. The van der Waals surface area contributed by atoms with E-state index in [4.69, 9.17) is 9.15 Å². The van der Waals surface area contributed by atoms with Crippen molar-refractivity contribution in [1.29, 1.82) is 0 Å². The number of rotatable bonds is 5. The zero-order valence-electron chi connectivity index (χ0n) is 14.9. The lowest BCUT2D eigenvalue weighted by molar-refractivity contribution is -0.385. The van der Waals surface area contributed by atoms with Gasteiger partial charge in [0.25, 0.3) is 0 Å². The number of furan rings is 1. The maximum absolute atomic E-state index is 11.5. The first kappa shape index (κ1) is 18.7. The summed E-state index contributed by atoms with van der Waals surface area (Å²) in [6, 6.07) is 9.84. The van der Waals surface area contributed by atoms with E-state index >= 15 is 0 Å². The van der Waals surface area contributed by atoms with Crippen LogP contribution in [0.5, 0.6) is 11.5 Å². The monoisotopic (exact) mass is 456 g/mol. The normalized spacial score (nSPS) is 11.4. The highest BCUT2D eigenvalue weighted by molar-refractivity contribution is 9.10. The van der Waals surface area contributed by atoms with Crippen LogP contribution in [0.3, 0.4) is 0 Å². The van der Waals surface area contributed by atoms with Crippen molar-refractivity contribution in [1.82, 2.24) is 9.38 Å². The second kappa shape index (κ2) is 7.40. The molecule has 10 heteroatoms. The molecule has 0 radical (unpaired) electrons. The third-order valence-corrected chi connectivity index (χ3v) is 4.64. The average molecular weight is 457 g/mol. The molecule has 0 aliphatic rings. The quantitative estimate of drug-likeness (QED) is 0.263. The first-order valence-corrected chi connectivity index (χ1v) is 9.09. The molecule has 4 rings (SSSR count). The summed E-state index contributed by atoms with van der Waals surface area (Å²) in [6.45, 7) is 0. The van der Waals surface area contributed by atoms with Crippen molar-refractivity contribution in [3.63, 3.8) is 0 Å². The highest BCUT2D eigenvalue weighted by Gasteiger charge is 2.24. The summed E-state index contributed by atoms with van der Waals surface area (Å²) in [5, 5.41) is 21.4. The number of benzene rings is 1. The van der Waals surface area contributed by atoms with Gasteiger partial charge in [-0.05, 0) is 52.3 Å². The minimum Gasteiger partial charge on any atom is -0.504 e. The number of phenols is 1. The Balaban J connectivity index is 1.91. The number of nitrogens with zero attached hydrogens (tertiary/aromatic N) is 4. The zero-order valence-corrected chi connectivity index (χ0v) is 16.5. The van der Waals surface area contributed by atoms with Crippen molar-refractivity contribution >= 4 is 39.3 Å². The first-order valence-electron chi connectivity index (χ1n) is 8.29. The summed E-state index contributed by atoms with van der Waals surface area (Å²) in [7, 11) is 1.25. The van der Waals surface area contributed by atoms with Gasteiger partial charge in [-0.25, -0.2) is 9.98 Å². The smallest absolute Gasteiger partial charge is 0.323 e. The summed E-state index contributed by atoms with van der Waals surface area (Å²) >= 11 is 3.42. The van der Waals surface area contributed by atoms with E-state index in [1.54, 1.807) is 22.7 Å². The molecule has 146 valence electrons. The topological polar surface area (TPSA) is 115 Å². The SMILES string of the molecule is COc1c(O)ccc(C=Nc2c(-c3ccco3)nc3ccc(Br)cn23)c1[N+](=O)[O-]. The Morgan fingerprint density at radius 3 is 2.86 bits per heavy atom. The molecule has 0 saturated carbocycles. The first-order chi connectivity index (χ1) is 14.0. The van der Waals surface area contributed by atoms with Gasteiger partial charge in [0.2, 0.25) is 5.75 Å². The van der Waals surface area contributed by atoms with Crippen LogP contribution >= 0.6 is 15.9 Å². The van der Waals surface area contributed by atoms with Crippen molar-refractivity contribution in [3.8, 4) is 23.0 Å². The van der Waals surface area contributed by atoms with Gasteiger partial charge >= 0.3 is 5.69 Å². The van der Waals surface area contributed by atoms with E-state index in [9.17, 15) is 15.2 Å². The number of nitro benzene ring substituents is 1. The molecule has 29 heavy (non-hydrogen) atoms. The van der Waals surface area contributed by atoms with Crippen LogP contribution in [-0.2, 0) is 0 Å². The van der Waals surface area contributed by atoms with Crippen molar-refractivity contribution < 1.29 is 19.2 Å². The Bertz CT molecular complexity index is 1250. The molecule has 0 aliphatic heterocycles. The molecule has 1 N–H and O–H groups in total. The standard InChI is InChI=1S/C19H13BrN4O5/c1-28-18-13(25)6-4-11(17(18)24(26)27)9-21-19-16(14-3-2-8-29-14)22-15-7-5-12(20)10-23(15)19/h2-10,25H,1H3. The van der Waals surface area contributed by atoms with Crippen molar-refractivity contribution in [3.05, 3.63) is 69.0 Å². The maximum Gasteiger partial charge on any atom is 0.323 e. The fourth-order valence-corrected chi connectivity index (χ4v) is 3.25. The van der Waals surface area contributed by atoms with Crippen LogP contribution in [0.15, 0.2) is 62.7 Å². The maximum atomic E-state index is 11.5. The van der Waals surface area contributed by atoms with Crippen LogP contribution in [0.2, 0.25) is 0 Å². The highest BCUT2D eigenvalue weighted by atomic mass is 79.9. The van der Waals surface area contributed by atoms with Crippen molar-refractivity contribution in [2.45, 2.75) is 0 Å². The van der Waals surface area contributed by atoms with E-state index in [1.807, 2.05) is 12.1 Å². The molecule has 3 heterocycles. The highest BCUT2D eigenvalue weighted by Crippen LogP contribution is 2.38. The molecule has 0 fully saturated rings. The van der Waals surface area contributed by atoms with E-state index in [1.165, 1.54) is 31.7 Å². The number of methoxy groups -OCH3 is 1. The van der Waals surface area contributed by atoms with E-state index in [-0.39, 0.29) is 22.7 Å². The summed E-state index contributed by atoms with van der Waals surface area (Å²) < 4.78 is 13.0. The Kier molecular flexibility index (Phi) is 4.77. The lowest BCUT2D eigenvalue weighted by atomic mass is 10.1. The number of fused-ring (bicyclic) bond motifs is 1. The number of phenolic OH excluding ortho intramolecular Hbond substituents is 1. The molecule has 1 aromatic carbocycles. The van der Waals surface area contributed by atoms with Crippen LogP contribution in [0.25, 0.3) is 17.1 Å². The number of aromatic hydroxyl groups is 1. The molecule has 0 atom stereocenters. The number of aliphatic imine (C=N–C) groups is 1. The van der Waals surface area contributed by atoms with E-state index in [0.29, 0.717) is 22.9 Å². The minimum absolute atomic E-state index is 0.167. The predicted octanol–water partition coefficient (Wildman–Crippen LogP) is 4.73. The molecule has 0 amide bonds. The van der Waals surface area contributed by atoms with Gasteiger partial charge < -0.3 is 14.3 Å². The second-order valence-corrected chi connectivity index (χ2v) is 6.82. The number of nitro groups is 1. The molecule has 0 saturated heterocycles. The fraction of sp³-hybridized carbons (Fsp3) is 0.0526. The van der Waals surface area contributed by atoms with Gasteiger partial charge in [-0.15, -0.1) is 0 Å². The molecular weight excluding hydrogens is 444 g/mol. The summed E-state index contributed by atoms with van der Waals surface area (Å²) in [4.78, 5) is 19.9. The number of hydrogen-bond acceptors (Lipinski definition) is 7. The number of halogens is 1. The van der Waals surface area contributed by atoms with E-state index < -0.39 is 4.92 Å². The zero-order chi connectivity index (χ0) is 20.5. The van der Waals surface area contributed by atoms with Crippen molar-refractivity contribution in [2.24, 2.45) is 4.99 Å². The van der Waals surface area contributed by atoms with Gasteiger partial charge in [0.1, 0.15) is 5.65 Å². The van der Waals surface area contributed by atoms with Crippen LogP contribution in [0.1, 0.15) is 5.56 Å². The molecule has 4 aromatic rings. The van der Waals surface area contributed by atoms with E-state index in [2.05, 4.69) is 25.9 Å². The molecule has 0 unspecified atom stereocenters. The Hall–Kier alpha value is -3.66. The number of pyridine rings is 1. The molecular formula is C19H13BrN4O5. The number of ether oxygens (including phenoxy) is 1. The number of hydrogen-bond donors (Lipinski definition) is 1. The van der Waals surface area contributed by atoms with Crippen LogP contribution in [0, 0.1) is 10.1 Å². The van der Waals surface area contributed by atoms with Gasteiger partial charge in [-0.3, -0.25) is 14.5 Å². The van der Waals surface area contributed by atoms with Gasteiger partial charge in [0, 0.05) is 16.9 Å². The fourth-order valence-electron chi connectivity index (χ4n) is 2.91. The average Bonchev–Trinajstić information content (AvgIpc) is 3.34. The van der Waals surface area contributed by atoms with Crippen LogP contribution in [0.4, 0.5) is 11.5 Å². The van der Waals surface area contributed by atoms with Gasteiger partial charge in [0.05, 0.1) is 23.9 Å². The molecule has 9 nitrogen and oxygen atoms in total. The molecule has 0 bridgehead atoms. The largest absolute Gasteiger partial charge is 0.504 e. The Morgan fingerprint density at radius 2 is 2.17 bits per heavy atom. The second-order valence-electron chi connectivity index (χ2n) is 5.91. The predicted molar refractivity (Wildman–Crippen MR) is 109 cm³/mol. The summed E-state index contributed by atoms with van der Waals surface area (Å²) in [5.41, 5.74) is 0.896. The lowest BCUT2D eigenvalue weighted by Gasteiger charge is -2.06.